The Morgan fingerprint density at radius 1 is 1.29 bits per heavy atom. The average molecular weight is 375 g/mol. The van der Waals surface area contributed by atoms with Gasteiger partial charge in [0.25, 0.3) is 0 Å². The van der Waals surface area contributed by atoms with E-state index < -0.39 is 0 Å². The van der Waals surface area contributed by atoms with E-state index in [2.05, 4.69) is 78.8 Å². The van der Waals surface area contributed by atoms with Crippen molar-refractivity contribution < 1.29 is 0 Å². The quantitative estimate of drug-likeness (QED) is 0.677. The molecule has 90 valence electrons. The summed E-state index contributed by atoms with van der Waals surface area (Å²) in [5.41, 5.74) is 3.86. The highest BCUT2D eigenvalue weighted by Crippen LogP contribution is 2.26. The molecule has 0 unspecified atom stereocenters. The fourth-order valence-corrected chi connectivity index (χ4v) is 3.66. The molecule has 0 saturated carbocycles. The van der Waals surface area contributed by atoms with Gasteiger partial charge in [0.1, 0.15) is 0 Å². The molecule has 2 aromatic rings. The third kappa shape index (κ3) is 3.33. The van der Waals surface area contributed by atoms with Crippen LogP contribution >= 0.6 is 43.2 Å². The van der Waals surface area contributed by atoms with Gasteiger partial charge in [0.2, 0.25) is 0 Å². The van der Waals surface area contributed by atoms with Crippen LogP contribution in [0.25, 0.3) is 0 Å². The lowest BCUT2D eigenvalue weighted by molar-refractivity contribution is 0.926. The molecule has 0 atom stereocenters. The van der Waals surface area contributed by atoms with E-state index >= 15 is 0 Å². The lowest BCUT2D eigenvalue weighted by Gasteiger charge is -2.19. The minimum atomic E-state index is 0.877. The van der Waals surface area contributed by atoms with Crippen LogP contribution in [0.4, 0.5) is 5.69 Å². The zero-order chi connectivity index (χ0) is 12.3. The maximum absolute atomic E-state index is 3.60. The number of hydrogen-bond donors (Lipinski definition) is 0. The molecule has 2 rings (SSSR count). The van der Waals surface area contributed by atoms with Crippen LogP contribution in [0.1, 0.15) is 11.1 Å². The van der Waals surface area contributed by atoms with Crippen molar-refractivity contribution in [3.8, 4) is 0 Å². The Balaban J connectivity index is 2.14. The Morgan fingerprint density at radius 3 is 2.71 bits per heavy atom. The molecule has 1 heterocycles. The van der Waals surface area contributed by atoms with Crippen molar-refractivity contribution in [2.75, 3.05) is 11.9 Å². The summed E-state index contributed by atoms with van der Waals surface area (Å²) in [4.78, 5) is 2.25. The van der Waals surface area contributed by atoms with E-state index in [0.717, 1.165) is 16.3 Å². The maximum Gasteiger partial charge on any atom is 0.0434 e. The smallest absolute Gasteiger partial charge is 0.0434 e. The van der Waals surface area contributed by atoms with Crippen molar-refractivity contribution in [2.24, 2.45) is 0 Å². The summed E-state index contributed by atoms with van der Waals surface area (Å²) in [6, 6.07) is 8.65. The molecule has 0 aliphatic heterocycles. The molecule has 0 N–H and O–H groups in total. The van der Waals surface area contributed by atoms with Gasteiger partial charge in [-0.3, -0.25) is 0 Å². The first kappa shape index (κ1) is 13.1. The largest absolute Gasteiger partial charge is 0.370 e. The zero-order valence-electron chi connectivity index (χ0n) is 9.49. The number of hydrogen-bond acceptors (Lipinski definition) is 2. The fourth-order valence-electron chi connectivity index (χ4n) is 1.63. The monoisotopic (exact) mass is 373 g/mol. The van der Waals surface area contributed by atoms with E-state index in [-0.39, 0.29) is 0 Å². The topological polar surface area (TPSA) is 3.24 Å². The van der Waals surface area contributed by atoms with Crippen LogP contribution in [0.5, 0.6) is 0 Å². The van der Waals surface area contributed by atoms with E-state index in [4.69, 9.17) is 0 Å². The van der Waals surface area contributed by atoms with E-state index in [0.29, 0.717) is 0 Å². The van der Waals surface area contributed by atoms with Gasteiger partial charge in [0, 0.05) is 29.1 Å². The highest BCUT2D eigenvalue weighted by atomic mass is 79.9. The average Bonchev–Trinajstić information content (AvgIpc) is 2.81. The van der Waals surface area contributed by atoms with E-state index in [1.807, 2.05) is 0 Å². The number of benzene rings is 1. The van der Waals surface area contributed by atoms with Gasteiger partial charge in [-0.1, -0.05) is 37.9 Å². The highest BCUT2D eigenvalue weighted by Gasteiger charge is 2.05. The van der Waals surface area contributed by atoms with Gasteiger partial charge in [0.15, 0.2) is 0 Å². The lowest BCUT2D eigenvalue weighted by Crippen LogP contribution is -2.15. The molecular weight excluding hydrogens is 362 g/mol. The molecular formula is C13H13Br2NS. The van der Waals surface area contributed by atoms with Gasteiger partial charge >= 0.3 is 0 Å². The number of rotatable bonds is 4. The Kier molecular flexibility index (Phi) is 4.65. The minimum Gasteiger partial charge on any atom is -0.370 e. The first-order valence-corrected chi connectivity index (χ1v) is 8.13. The Morgan fingerprint density at radius 2 is 2.12 bits per heavy atom. The highest BCUT2D eigenvalue weighted by molar-refractivity contribution is 9.10. The van der Waals surface area contributed by atoms with E-state index in [1.54, 1.807) is 11.3 Å². The molecule has 0 fully saturated rings. The Bertz CT molecular complexity index is 482. The van der Waals surface area contributed by atoms with Crippen LogP contribution in [0.2, 0.25) is 0 Å². The zero-order valence-corrected chi connectivity index (χ0v) is 13.5. The maximum atomic E-state index is 3.60. The first-order chi connectivity index (χ1) is 8.20. The number of thiophene rings is 1. The molecule has 1 aromatic heterocycles. The molecule has 0 aliphatic rings. The summed E-state index contributed by atoms with van der Waals surface area (Å²) < 4.78 is 1.16. The van der Waals surface area contributed by atoms with Gasteiger partial charge in [0.05, 0.1) is 0 Å². The summed E-state index contributed by atoms with van der Waals surface area (Å²) in [6.45, 7) is 0.948. The van der Waals surface area contributed by atoms with Crippen molar-refractivity contribution in [2.45, 2.75) is 11.9 Å². The summed E-state index contributed by atoms with van der Waals surface area (Å²) >= 11 is 8.82. The van der Waals surface area contributed by atoms with Gasteiger partial charge in [-0.05, 0) is 40.1 Å². The summed E-state index contributed by atoms with van der Waals surface area (Å²) in [7, 11) is 2.12. The predicted molar refractivity (Wildman–Crippen MR) is 83.2 cm³/mol. The van der Waals surface area contributed by atoms with Gasteiger partial charge in [-0.2, -0.15) is 11.3 Å². The van der Waals surface area contributed by atoms with Crippen LogP contribution in [0, 0.1) is 0 Å². The molecule has 17 heavy (non-hydrogen) atoms. The molecule has 0 saturated heterocycles. The Labute approximate surface area is 123 Å². The fraction of sp³-hybridized carbons (Fsp3) is 0.231. The number of anilines is 1. The number of halogens is 2. The van der Waals surface area contributed by atoms with E-state index in [1.165, 1.54) is 16.8 Å². The SMILES string of the molecule is CN(Cc1ccsc1)c1ccc(CBr)c(Br)c1. The standard InChI is InChI=1S/C13H13Br2NS/c1-16(8-10-4-5-17-9-10)12-3-2-11(7-14)13(15)6-12/h2-6,9H,7-8H2,1H3. The van der Waals surface area contributed by atoms with Crippen molar-refractivity contribution in [3.63, 3.8) is 0 Å². The Hall–Kier alpha value is -0.320. The summed E-state index contributed by atoms with van der Waals surface area (Å²) in [5, 5.41) is 5.19. The first-order valence-electron chi connectivity index (χ1n) is 5.27. The van der Waals surface area contributed by atoms with E-state index in [9.17, 15) is 0 Å². The van der Waals surface area contributed by atoms with Crippen molar-refractivity contribution in [1.29, 1.82) is 0 Å². The summed E-state index contributed by atoms with van der Waals surface area (Å²) in [6.07, 6.45) is 0. The molecule has 0 amide bonds. The van der Waals surface area contributed by atoms with Crippen LogP contribution < -0.4 is 4.90 Å². The van der Waals surface area contributed by atoms with Crippen LogP contribution in [0.15, 0.2) is 39.5 Å². The second-order valence-corrected chi connectivity index (χ2v) is 6.09. The van der Waals surface area contributed by atoms with Crippen LogP contribution in [0.3, 0.4) is 0 Å². The van der Waals surface area contributed by atoms with Crippen molar-refractivity contribution >= 4 is 48.9 Å². The molecule has 4 heteroatoms. The molecule has 0 aliphatic carbocycles. The molecule has 0 bridgehead atoms. The normalized spacial score (nSPS) is 10.5. The van der Waals surface area contributed by atoms with Gasteiger partial charge in [-0.15, -0.1) is 0 Å². The van der Waals surface area contributed by atoms with Gasteiger partial charge in [-0.25, -0.2) is 0 Å². The minimum absolute atomic E-state index is 0.877. The van der Waals surface area contributed by atoms with Crippen molar-refractivity contribution in [1.82, 2.24) is 0 Å². The molecule has 1 nitrogen and oxygen atoms in total. The second kappa shape index (κ2) is 6.03. The molecule has 1 aromatic carbocycles. The third-order valence-corrected chi connectivity index (χ3v) is 4.70. The predicted octanol–water partition coefficient (Wildman–Crippen LogP) is 5.04. The van der Waals surface area contributed by atoms with Crippen LogP contribution in [-0.4, -0.2) is 7.05 Å². The van der Waals surface area contributed by atoms with Gasteiger partial charge < -0.3 is 4.90 Å². The summed E-state index contributed by atoms with van der Waals surface area (Å²) in [5.74, 6) is 0. The lowest BCUT2D eigenvalue weighted by atomic mass is 10.2. The third-order valence-electron chi connectivity index (χ3n) is 2.62. The number of alkyl halides is 1. The van der Waals surface area contributed by atoms with Crippen molar-refractivity contribution in [3.05, 3.63) is 50.6 Å². The molecule has 0 spiro atoms. The second-order valence-electron chi connectivity index (χ2n) is 3.90. The molecule has 0 radical (unpaired) electrons. The van der Waals surface area contributed by atoms with Crippen LogP contribution in [-0.2, 0) is 11.9 Å². The number of nitrogens with zero attached hydrogens (tertiary/aromatic N) is 1.